The van der Waals surface area contributed by atoms with Crippen LogP contribution in [0.5, 0.6) is 0 Å². The van der Waals surface area contributed by atoms with E-state index in [0.717, 1.165) is 24.5 Å². The molecule has 1 aliphatic rings. The number of pyridine rings is 1. The molecule has 100 valence electrons. The van der Waals surface area contributed by atoms with E-state index in [-0.39, 0.29) is 5.75 Å². The molecule has 0 unspecified atom stereocenters. The SMILES string of the molecule is CNCc1cc(N2CCCS(=O)(=O)CC2)ccn1. The van der Waals surface area contributed by atoms with Crippen LogP contribution in [-0.2, 0) is 16.4 Å². The molecule has 0 bridgehead atoms. The molecular weight excluding hydrogens is 250 g/mol. The van der Waals surface area contributed by atoms with Crippen LogP contribution in [0.25, 0.3) is 0 Å². The number of sulfone groups is 1. The molecule has 18 heavy (non-hydrogen) atoms. The molecule has 1 aromatic heterocycles. The molecule has 0 amide bonds. The van der Waals surface area contributed by atoms with Gasteiger partial charge in [-0.1, -0.05) is 0 Å². The number of nitrogens with one attached hydrogen (secondary N) is 1. The van der Waals surface area contributed by atoms with Crippen LogP contribution in [0.4, 0.5) is 5.69 Å². The van der Waals surface area contributed by atoms with E-state index >= 15 is 0 Å². The fraction of sp³-hybridized carbons (Fsp3) is 0.583. The summed E-state index contributed by atoms with van der Waals surface area (Å²) in [6, 6.07) is 3.96. The smallest absolute Gasteiger partial charge is 0.152 e. The van der Waals surface area contributed by atoms with E-state index in [1.165, 1.54) is 0 Å². The van der Waals surface area contributed by atoms with Gasteiger partial charge in [-0.25, -0.2) is 8.42 Å². The zero-order valence-corrected chi connectivity index (χ0v) is 11.4. The van der Waals surface area contributed by atoms with Crippen LogP contribution in [0.1, 0.15) is 12.1 Å². The Morgan fingerprint density at radius 2 is 2.22 bits per heavy atom. The lowest BCUT2D eigenvalue weighted by atomic mass is 10.2. The van der Waals surface area contributed by atoms with Crippen LogP contribution in [-0.4, -0.2) is 45.0 Å². The van der Waals surface area contributed by atoms with E-state index in [4.69, 9.17) is 0 Å². The topological polar surface area (TPSA) is 62.3 Å². The molecule has 0 aromatic carbocycles. The number of hydrogen-bond donors (Lipinski definition) is 1. The Kier molecular flexibility index (Phi) is 4.19. The normalized spacial score (nSPS) is 19.5. The van der Waals surface area contributed by atoms with Crippen LogP contribution in [0.2, 0.25) is 0 Å². The highest BCUT2D eigenvalue weighted by atomic mass is 32.2. The van der Waals surface area contributed by atoms with Gasteiger partial charge in [0.05, 0.1) is 17.2 Å². The van der Waals surface area contributed by atoms with Gasteiger partial charge in [-0.3, -0.25) is 4.98 Å². The summed E-state index contributed by atoms with van der Waals surface area (Å²) in [7, 11) is -0.968. The Bertz CT molecular complexity index is 502. The summed E-state index contributed by atoms with van der Waals surface area (Å²) >= 11 is 0. The van der Waals surface area contributed by atoms with Gasteiger partial charge in [-0.15, -0.1) is 0 Å². The molecule has 0 atom stereocenters. The van der Waals surface area contributed by atoms with Crippen molar-refractivity contribution in [3.63, 3.8) is 0 Å². The minimum Gasteiger partial charge on any atom is -0.370 e. The van der Waals surface area contributed by atoms with Crippen LogP contribution in [0.3, 0.4) is 0 Å². The molecule has 1 N–H and O–H groups in total. The van der Waals surface area contributed by atoms with Gasteiger partial charge >= 0.3 is 0 Å². The zero-order chi connectivity index (χ0) is 13.0. The van der Waals surface area contributed by atoms with Gasteiger partial charge in [0, 0.05) is 31.5 Å². The van der Waals surface area contributed by atoms with Crippen LogP contribution >= 0.6 is 0 Å². The Labute approximate surface area is 108 Å². The maximum Gasteiger partial charge on any atom is 0.152 e. The van der Waals surface area contributed by atoms with Crippen molar-refractivity contribution in [3.8, 4) is 0 Å². The third-order valence-electron chi connectivity index (χ3n) is 3.08. The highest BCUT2D eigenvalue weighted by Crippen LogP contribution is 2.17. The van der Waals surface area contributed by atoms with Crippen molar-refractivity contribution in [3.05, 3.63) is 24.0 Å². The lowest BCUT2D eigenvalue weighted by molar-refractivity contribution is 0.597. The fourth-order valence-corrected chi connectivity index (χ4v) is 3.41. The summed E-state index contributed by atoms with van der Waals surface area (Å²) in [5.41, 5.74) is 2.04. The highest BCUT2D eigenvalue weighted by molar-refractivity contribution is 7.91. The molecule has 2 heterocycles. The zero-order valence-electron chi connectivity index (χ0n) is 10.6. The quantitative estimate of drug-likeness (QED) is 0.862. The maximum atomic E-state index is 11.6. The van der Waals surface area contributed by atoms with Crippen molar-refractivity contribution in [2.24, 2.45) is 0 Å². The third kappa shape index (κ3) is 3.43. The van der Waals surface area contributed by atoms with E-state index in [1.54, 1.807) is 6.20 Å². The highest BCUT2D eigenvalue weighted by Gasteiger charge is 2.19. The molecule has 0 radical (unpaired) electrons. The molecule has 0 saturated carbocycles. The van der Waals surface area contributed by atoms with Crippen molar-refractivity contribution in [1.82, 2.24) is 10.3 Å². The first kappa shape index (κ1) is 13.3. The Hall–Kier alpha value is -1.14. The molecule has 0 aliphatic carbocycles. The first-order chi connectivity index (χ1) is 8.61. The lowest BCUT2D eigenvalue weighted by Crippen LogP contribution is -2.27. The second-order valence-electron chi connectivity index (χ2n) is 4.53. The number of anilines is 1. The van der Waals surface area contributed by atoms with Crippen molar-refractivity contribution in [2.75, 3.05) is 36.5 Å². The Balaban J connectivity index is 2.13. The number of rotatable bonds is 3. The molecule has 2 rings (SSSR count). The van der Waals surface area contributed by atoms with Crippen molar-refractivity contribution < 1.29 is 8.42 Å². The number of nitrogens with zero attached hydrogens (tertiary/aromatic N) is 2. The fourth-order valence-electron chi connectivity index (χ4n) is 2.14. The molecule has 1 aliphatic heterocycles. The second-order valence-corrected chi connectivity index (χ2v) is 6.83. The van der Waals surface area contributed by atoms with E-state index in [0.29, 0.717) is 18.7 Å². The Morgan fingerprint density at radius 3 is 3.00 bits per heavy atom. The lowest BCUT2D eigenvalue weighted by Gasteiger charge is -2.22. The van der Waals surface area contributed by atoms with Crippen LogP contribution in [0.15, 0.2) is 18.3 Å². The standard InChI is InChI=1S/C12H19N3O2S/c1-13-10-11-9-12(3-4-14-11)15-5-2-7-18(16,17)8-6-15/h3-4,9,13H,2,5-8,10H2,1H3. The molecule has 0 spiro atoms. The van der Waals surface area contributed by atoms with Gasteiger partial charge in [-0.05, 0) is 25.6 Å². The van der Waals surface area contributed by atoms with Crippen molar-refractivity contribution in [2.45, 2.75) is 13.0 Å². The average molecular weight is 269 g/mol. The Morgan fingerprint density at radius 1 is 1.39 bits per heavy atom. The van der Waals surface area contributed by atoms with E-state index in [9.17, 15) is 8.42 Å². The van der Waals surface area contributed by atoms with Crippen molar-refractivity contribution >= 4 is 15.5 Å². The summed E-state index contributed by atoms with van der Waals surface area (Å²) in [5, 5.41) is 3.06. The molecule has 1 fully saturated rings. The van der Waals surface area contributed by atoms with E-state index < -0.39 is 9.84 Å². The minimum absolute atomic E-state index is 0.247. The van der Waals surface area contributed by atoms with Gasteiger partial charge < -0.3 is 10.2 Å². The van der Waals surface area contributed by atoms with Gasteiger partial charge in [0.1, 0.15) is 0 Å². The molecule has 6 heteroatoms. The molecular formula is C12H19N3O2S. The number of aromatic nitrogens is 1. The van der Waals surface area contributed by atoms with E-state index in [1.807, 2.05) is 19.2 Å². The largest absolute Gasteiger partial charge is 0.370 e. The van der Waals surface area contributed by atoms with Crippen LogP contribution < -0.4 is 10.2 Å². The number of hydrogen-bond acceptors (Lipinski definition) is 5. The molecule has 1 saturated heterocycles. The van der Waals surface area contributed by atoms with Crippen molar-refractivity contribution in [1.29, 1.82) is 0 Å². The van der Waals surface area contributed by atoms with Gasteiger partial charge in [0.15, 0.2) is 9.84 Å². The summed E-state index contributed by atoms with van der Waals surface area (Å²) in [5.74, 6) is 0.550. The summed E-state index contributed by atoms with van der Waals surface area (Å²) in [6.45, 7) is 2.09. The second kappa shape index (κ2) is 5.67. The van der Waals surface area contributed by atoms with Crippen LogP contribution in [0, 0.1) is 0 Å². The summed E-state index contributed by atoms with van der Waals surface area (Å²) in [6.07, 6.45) is 2.48. The summed E-state index contributed by atoms with van der Waals surface area (Å²) in [4.78, 5) is 6.40. The monoisotopic (exact) mass is 269 g/mol. The first-order valence-corrected chi connectivity index (χ1v) is 7.98. The first-order valence-electron chi connectivity index (χ1n) is 6.16. The predicted octanol–water partition coefficient (Wildman–Crippen LogP) is 0.426. The average Bonchev–Trinajstić information content (AvgIpc) is 2.51. The van der Waals surface area contributed by atoms with Gasteiger partial charge in [-0.2, -0.15) is 0 Å². The third-order valence-corrected chi connectivity index (χ3v) is 4.79. The van der Waals surface area contributed by atoms with Gasteiger partial charge in [0.2, 0.25) is 0 Å². The van der Waals surface area contributed by atoms with E-state index in [2.05, 4.69) is 15.2 Å². The minimum atomic E-state index is -2.85. The molecule has 1 aromatic rings. The maximum absolute atomic E-state index is 11.6. The summed E-state index contributed by atoms with van der Waals surface area (Å²) < 4.78 is 23.1. The van der Waals surface area contributed by atoms with Gasteiger partial charge in [0.25, 0.3) is 0 Å². The molecule has 5 nitrogen and oxygen atoms in total. The predicted molar refractivity (Wildman–Crippen MR) is 72.5 cm³/mol.